The van der Waals surface area contributed by atoms with Crippen molar-refractivity contribution in [2.75, 3.05) is 33.6 Å². The second kappa shape index (κ2) is 20.3. The van der Waals surface area contributed by atoms with Gasteiger partial charge in [-0.3, -0.25) is 10.1 Å². The molecule has 0 bridgehead atoms. The van der Waals surface area contributed by atoms with Gasteiger partial charge in [0, 0.05) is 42.5 Å². The highest BCUT2D eigenvalue weighted by atomic mass is 16.5. The number of aliphatic hydroxyl groups excluding tert-OH is 3. The Morgan fingerprint density at radius 2 is 1.79 bits per heavy atom. The third-order valence-electron chi connectivity index (χ3n) is 16.9. The van der Waals surface area contributed by atoms with Crippen LogP contribution in [0.25, 0.3) is 0 Å². The van der Waals surface area contributed by atoms with Gasteiger partial charge < -0.3 is 66.0 Å². The van der Waals surface area contributed by atoms with Crippen molar-refractivity contribution in [3.05, 3.63) is 89.3 Å². The molecule has 7 aliphatic rings. The Kier molecular flexibility index (Phi) is 14.4. The lowest BCUT2D eigenvalue weighted by molar-refractivity contribution is -0.160. The van der Waals surface area contributed by atoms with E-state index in [0.717, 1.165) is 62.5 Å². The number of aryl methyl sites for hydroxylation is 1. The van der Waals surface area contributed by atoms with Crippen molar-refractivity contribution in [1.29, 1.82) is 0 Å². The number of aliphatic carboxylic acids is 1. The Labute approximate surface area is 399 Å². The van der Waals surface area contributed by atoms with Gasteiger partial charge in [-0.2, -0.15) is 0 Å². The second-order valence-corrected chi connectivity index (χ2v) is 20.6. The monoisotopic (exact) mass is 941 g/mol. The Morgan fingerprint density at radius 1 is 0.985 bits per heavy atom. The number of aromatic hydroxyl groups is 2. The first-order chi connectivity index (χ1) is 32.8. The molecule has 0 aromatic heterocycles. The summed E-state index contributed by atoms with van der Waals surface area (Å²) in [5, 5.41) is 76.5. The lowest BCUT2D eigenvalue weighted by Crippen LogP contribution is -2.69. The van der Waals surface area contributed by atoms with Gasteiger partial charge in [-0.05, 0) is 129 Å². The molecular weight excluding hydrogens is 869 g/mol. The number of aliphatic hydroxyl groups is 3. The van der Waals surface area contributed by atoms with Crippen LogP contribution in [0.15, 0.2) is 78.2 Å². The van der Waals surface area contributed by atoms with Gasteiger partial charge in [-0.1, -0.05) is 55.7 Å². The summed E-state index contributed by atoms with van der Waals surface area (Å²) < 4.78 is 25.3. The molecular formula is C53H72N4O11. The van der Waals surface area contributed by atoms with E-state index in [4.69, 9.17) is 24.7 Å². The number of ether oxygens (including phenoxy) is 4. The predicted octanol–water partition coefficient (Wildman–Crippen LogP) is 5.46. The van der Waals surface area contributed by atoms with E-state index in [0.29, 0.717) is 48.9 Å². The standard InChI is InChI=1S/C53H72N4O11/c1-30-27-52(18-3-4-19-52)53(38(12-13-39(53)51(63)64)33-16-20-55-47(54)25-33)46(57-30)28-66-45-24-34(23-44(65-2)49(45)62)50-37(17-21-58)42(60)26-35(68-50)11-8-31-9-15-41(59)43(22-31)67-29-56-40-14-10-32-6-5-7-36(32)48(40)61/h9-10,12-16,22-25,30,32,35-40,42,46,48,50,55-62H,3-8,11,17-21,26-29,54H2,1-2H3,(H,63,64)/t30-,32-,35-,36+,37-,38+,39-,40+,42-,46+,48-,50+,53+/m0/s1. The molecule has 15 heteroatoms. The first-order valence-electron chi connectivity index (χ1n) is 25.0. The van der Waals surface area contributed by atoms with Crippen LogP contribution >= 0.6 is 0 Å². The normalized spacial score (nSPS) is 34.9. The average Bonchev–Trinajstić information content (AvgIpc) is 4.10. The number of nitrogens with two attached hydrogens (primary N) is 1. The molecule has 370 valence electrons. The lowest BCUT2D eigenvalue weighted by atomic mass is 9.46. The lowest BCUT2D eigenvalue weighted by Gasteiger charge is -2.61. The number of hydrogen-bond donors (Lipinski definition) is 10. The van der Waals surface area contributed by atoms with Gasteiger partial charge in [-0.25, -0.2) is 0 Å². The minimum absolute atomic E-state index is 0.00613. The van der Waals surface area contributed by atoms with Crippen molar-refractivity contribution >= 4 is 5.97 Å². The van der Waals surface area contributed by atoms with Crippen LogP contribution in [0.3, 0.4) is 0 Å². The molecule has 9 rings (SSSR count). The number of carboxylic acid groups (broad SMARTS) is 1. The van der Waals surface area contributed by atoms with Crippen LogP contribution in [0.1, 0.15) is 94.8 Å². The number of carbonyl (C=O) groups is 1. The summed E-state index contributed by atoms with van der Waals surface area (Å²) in [5.41, 5.74) is 7.71. The number of phenolic OH excluding ortho intramolecular Hbond substituents is 2. The predicted molar refractivity (Wildman–Crippen MR) is 255 cm³/mol. The van der Waals surface area contributed by atoms with E-state index in [-0.39, 0.29) is 78.7 Å². The number of rotatable bonds is 16. The summed E-state index contributed by atoms with van der Waals surface area (Å²) in [4.78, 5) is 13.5. The van der Waals surface area contributed by atoms with Gasteiger partial charge in [-0.15, -0.1) is 0 Å². The highest BCUT2D eigenvalue weighted by Gasteiger charge is 2.69. The van der Waals surface area contributed by atoms with Crippen LogP contribution in [0, 0.1) is 40.4 Å². The maximum atomic E-state index is 13.5. The van der Waals surface area contributed by atoms with Crippen molar-refractivity contribution in [3.8, 4) is 28.7 Å². The molecule has 2 spiro atoms. The maximum Gasteiger partial charge on any atom is 0.311 e. The fourth-order valence-corrected chi connectivity index (χ4v) is 13.9. The molecule has 4 fully saturated rings. The van der Waals surface area contributed by atoms with E-state index in [2.05, 4.69) is 41.1 Å². The quantitative estimate of drug-likeness (QED) is 0.0743. The fraction of sp³-hybridized carbons (Fsp3) is 0.604. The summed E-state index contributed by atoms with van der Waals surface area (Å²) in [6, 6.07) is 8.04. The van der Waals surface area contributed by atoms with Crippen LogP contribution in [-0.4, -0.2) is 107 Å². The average molecular weight is 941 g/mol. The van der Waals surface area contributed by atoms with Gasteiger partial charge >= 0.3 is 5.97 Å². The Hall–Kier alpha value is -4.77. The van der Waals surface area contributed by atoms with E-state index in [1.54, 1.807) is 24.3 Å². The molecule has 0 amide bonds. The van der Waals surface area contributed by atoms with E-state index in [1.807, 2.05) is 24.3 Å². The zero-order valence-corrected chi connectivity index (χ0v) is 39.4. The molecule has 11 N–H and O–H groups in total. The van der Waals surface area contributed by atoms with Crippen LogP contribution in [0.5, 0.6) is 28.7 Å². The van der Waals surface area contributed by atoms with E-state index in [9.17, 15) is 35.4 Å². The summed E-state index contributed by atoms with van der Waals surface area (Å²) in [6.45, 7) is 2.68. The molecule has 0 unspecified atom stereocenters. The number of methoxy groups -OCH3 is 1. The number of piperidine rings is 1. The van der Waals surface area contributed by atoms with E-state index >= 15 is 0 Å². The number of phenols is 2. The highest BCUT2D eigenvalue weighted by molar-refractivity contribution is 5.75. The molecule has 2 saturated carbocycles. The molecule has 2 aromatic carbocycles. The fourth-order valence-electron chi connectivity index (χ4n) is 13.9. The molecule has 13 atom stereocenters. The molecule has 3 aliphatic heterocycles. The zero-order chi connectivity index (χ0) is 47.7. The van der Waals surface area contributed by atoms with Gasteiger partial charge in [0.05, 0.1) is 49.3 Å². The van der Waals surface area contributed by atoms with Crippen LogP contribution < -0.4 is 35.9 Å². The van der Waals surface area contributed by atoms with Crippen molar-refractivity contribution in [2.45, 2.75) is 127 Å². The van der Waals surface area contributed by atoms with Crippen molar-refractivity contribution < 1.29 is 54.4 Å². The van der Waals surface area contributed by atoms with E-state index in [1.165, 1.54) is 7.11 Å². The number of fused-ring (bicyclic) bond motifs is 2. The van der Waals surface area contributed by atoms with Crippen LogP contribution in [0.2, 0.25) is 0 Å². The van der Waals surface area contributed by atoms with Gasteiger partial charge in [0.15, 0.2) is 23.0 Å². The SMILES string of the molecule is COc1cc([C@H]2O[C@@H](CCc3ccc(O)c(OCN[C@@H]4C=C[C@@H]5CCC[C@H]5[C@@H]4O)c3)C[C@H](O)[C@@H]2CCO)cc(OC[C@H]2N[C@@H](C)CC3(CCCC3)[C@@]23[C@@H](C2=CCNC(N)=C2)C=C[C@H]3C(=O)O)c1O. The third-order valence-corrected chi connectivity index (χ3v) is 16.9. The van der Waals surface area contributed by atoms with E-state index < -0.39 is 53.7 Å². The summed E-state index contributed by atoms with van der Waals surface area (Å²) in [5.74, 6) is -0.781. The van der Waals surface area contributed by atoms with Gasteiger partial charge in [0.2, 0.25) is 5.75 Å². The van der Waals surface area contributed by atoms with Crippen LogP contribution in [-0.2, 0) is 16.0 Å². The Balaban J connectivity index is 0.937. The molecule has 68 heavy (non-hydrogen) atoms. The summed E-state index contributed by atoms with van der Waals surface area (Å²) >= 11 is 0. The van der Waals surface area contributed by atoms with Crippen LogP contribution in [0.4, 0.5) is 0 Å². The number of allylic oxidation sites excluding steroid dienone is 4. The topological polar surface area (TPSA) is 237 Å². The zero-order valence-electron chi connectivity index (χ0n) is 39.4. The minimum Gasteiger partial charge on any atom is -0.504 e. The third kappa shape index (κ3) is 9.10. The number of dihydropyridines is 1. The number of benzene rings is 2. The smallest absolute Gasteiger partial charge is 0.311 e. The molecule has 4 aliphatic carbocycles. The summed E-state index contributed by atoms with van der Waals surface area (Å²) in [6.07, 6.45) is 19.4. The molecule has 2 saturated heterocycles. The van der Waals surface area contributed by atoms with Crippen molar-refractivity contribution in [3.63, 3.8) is 0 Å². The molecule has 2 aromatic rings. The maximum absolute atomic E-state index is 13.5. The Bertz CT molecular complexity index is 2260. The largest absolute Gasteiger partial charge is 0.504 e. The number of carboxylic acids is 1. The first-order valence-corrected chi connectivity index (χ1v) is 25.0. The number of nitrogens with one attached hydrogen (secondary N) is 3. The van der Waals surface area contributed by atoms with Crippen molar-refractivity contribution in [2.24, 2.45) is 46.2 Å². The molecule has 15 nitrogen and oxygen atoms in total. The highest BCUT2D eigenvalue weighted by Crippen LogP contribution is 2.68. The Morgan fingerprint density at radius 3 is 2.56 bits per heavy atom. The van der Waals surface area contributed by atoms with Gasteiger partial charge in [0.25, 0.3) is 0 Å². The molecule has 3 heterocycles. The van der Waals surface area contributed by atoms with Crippen molar-refractivity contribution in [1.82, 2.24) is 16.0 Å². The minimum atomic E-state index is -0.880. The number of hydrogen-bond acceptors (Lipinski definition) is 14. The summed E-state index contributed by atoms with van der Waals surface area (Å²) in [7, 11) is 1.46. The second-order valence-electron chi connectivity index (χ2n) is 20.6. The molecule has 0 radical (unpaired) electrons. The van der Waals surface area contributed by atoms with Gasteiger partial charge in [0.1, 0.15) is 13.3 Å². The first kappa shape index (κ1) is 48.3.